The standard InChI is InChI=1S/C14H21N3O2/c1-9-8-15-10(2)12(16-9)17-7-5-6-14(3,4)11(17)13(18)19/h8,11H,5-7H2,1-4H3,(H,18,19). The number of aliphatic carboxylic acids is 1. The number of nitrogens with zero attached hydrogens (tertiary/aromatic N) is 3. The third kappa shape index (κ3) is 2.55. The third-order valence-electron chi connectivity index (χ3n) is 3.83. The highest BCUT2D eigenvalue weighted by Gasteiger charge is 2.43. The number of hydrogen-bond acceptors (Lipinski definition) is 4. The maximum Gasteiger partial charge on any atom is 0.326 e. The number of carboxylic acid groups (broad SMARTS) is 1. The third-order valence-corrected chi connectivity index (χ3v) is 3.83. The lowest BCUT2D eigenvalue weighted by Gasteiger charge is -2.44. The van der Waals surface area contributed by atoms with E-state index in [9.17, 15) is 9.90 Å². The lowest BCUT2D eigenvalue weighted by molar-refractivity contribution is -0.142. The van der Waals surface area contributed by atoms with Crippen molar-refractivity contribution < 1.29 is 9.90 Å². The molecule has 0 saturated carbocycles. The zero-order valence-electron chi connectivity index (χ0n) is 12.0. The molecule has 0 amide bonds. The first-order valence-corrected chi connectivity index (χ1v) is 6.62. The van der Waals surface area contributed by atoms with Crippen molar-refractivity contribution in [3.8, 4) is 0 Å². The largest absolute Gasteiger partial charge is 0.480 e. The molecular formula is C14H21N3O2. The molecule has 1 atom stereocenters. The molecule has 2 heterocycles. The van der Waals surface area contributed by atoms with Crippen molar-refractivity contribution in [2.75, 3.05) is 11.4 Å². The van der Waals surface area contributed by atoms with Crippen molar-refractivity contribution in [1.82, 2.24) is 9.97 Å². The van der Waals surface area contributed by atoms with Gasteiger partial charge in [-0.3, -0.25) is 4.98 Å². The van der Waals surface area contributed by atoms with Gasteiger partial charge < -0.3 is 10.0 Å². The van der Waals surface area contributed by atoms with Crippen LogP contribution in [0.3, 0.4) is 0 Å². The summed E-state index contributed by atoms with van der Waals surface area (Å²) in [4.78, 5) is 22.4. The molecule has 1 unspecified atom stereocenters. The minimum atomic E-state index is -0.785. The second kappa shape index (κ2) is 4.79. The van der Waals surface area contributed by atoms with Gasteiger partial charge in [0.1, 0.15) is 6.04 Å². The molecule has 19 heavy (non-hydrogen) atoms. The van der Waals surface area contributed by atoms with Gasteiger partial charge in [-0.05, 0) is 32.1 Å². The van der Waals surface area contributed by atoms with Gasteiger partial charge in [-0.1, -0.05) is 13.8 Å². The smallest absolute Gasteiger partial charge is 0.326 e. The summed E-state index contributed by atoms with van der Waals surface area (Å²) < 4.78 is 0. The van der Waals surface area contributed by atoms with Gasteiger partial charge in [-0.25, -0.2) is 9.78 Å². The molecule has 2 rings (SSSR count). The Labute approximate surface area is 113 Å². The summed E-state index contributed by atoms with van der Waals surface area (Å²) >= 11 is 0. The lowest BCUT2D eigenvalue weighted by Crippen LogP contribution is -2.55. The Balaban J connectivity index is 2.46. The summed E-state index contributed by atoms with van der Waals surface area (Å²) in [7, 11) is 0. The highest BCUT2D eigenvalue weighted by molar-refractivity contribution is 5.79. The number of carboxylic acids is 1. The Kier molecular flexibility index (Phi) is 3.47. The van der Waals surface area contributed by atoms with Crippen LogP contribution in [0.2, 0.25) is 0 Å². The Morgan fingerprint density at radius 2 is 2.16 bits per heavy atom. The molecule has 104 valence electrons. The number of hydrogen-bond donors (Lipinski definition) is 1. The molecule has 5 nitrogen and oxygen atoms in total. The molecular weight excluding hydrogens is 242 g/mol. The van der Waals surface area contributed by atoms with Crippen molar-refractivity contribution >= 4 is 11.8 Å². The second-order valence-corrected chi connectivity index (χ2v) is 5.95. The molecule has 1 aromatic rings. The normalized spacial score (nSPS) is 22.3. The van der Waals surface area contributed by atoms with Crippen LogP contribution in [0, 0.1) is 19.3 Å². The number of aryl methyl sites for hydroxylation is 2. The summed E-state index contributed by atoms with van der Waals surface area (Å²) in [6.07, 6.45) is 3.61. The fourth-order valence-corrected chi connectivity index (χ4v) is 2.89. The average molecular weight is 263 g/mol. The fraction of sp³-hybridized carbons (Fsp3) is 0.643. The quantitative estimate of drug-likeness (QED) is 0.885. The van der Waals surface area contributed by atoms with E-state index in [0.717, 1.165) is 30.8 Å². The van der Waals surface area contributed by atoms with Crippen LogP contribution in [0.1, 0.15) is 38.1 Å². The van der Waals surface area contributed by atoms with Gasteiger partial charge in [-0.15, -0.1) is 0 Å². The summed E-state index contributed by atoms with van der Waals surface area (Å²) in [5, 5.41) is 9.58. The Morgan fingerprint density at radius 1 is 1.47 bits per heavy atom. The number of aromatic nitrogens is 2. The van der Waals surface area contributed by atoms with Gasteiger partial charge in [0.05, 0.1) is 11.4 Å². The first kappa shape index (κ1) is 13.8. The number of piperidine rings is 1. The van der Waals surface area contributed by atoms with E-state index in [-0.39, 0.29) is 5.41 Å². The molecule has 0 spiro atoms. The van der Waals surface area contributed by atoms with Crippen LogP contribution < -0.4 is 4.90 Å². The molecule has 0 aromatic carbocycles. The second-order valence-electron chi connectivity index (χ2n) is 5.95. The first-order valence-electron chi connectivity index (χ1n) is 6.62. The van der Waals surface area contributed by atoms with E-state index in [1.807, 2.05) is 32.6 Å². The van der Waals surface area contributed by atoms with Crippen LogP contribution in [0.15, 0.2) is 6.20 Å². The molecule has 0 aliphatic carbocycles. The number of anilines is 1. The Bertz CT molecular complexity index is 499. The van der Waals surface area contributed by atoms with E-state index in [1.165, 1.54) is 0 Å². The number of carbonyl (C=O) groups is 1. The molecule has 1 saturated heterocycles. The maximum atomic E-state index is 11.7. The van der Waals surface area contributed by atoms with Gasteiger partial charge >= 0.3 is 5.97 Å². The average Bonchev–Trinajstić information content (AvgIpc) is 2.30. The molecule has 1 aromatic heterocycles. The van der Waals surface area contributed by atoms with Crippen molar-refractivity contribution in [2.24, 2.45) is 5.41 Å². The van der Waals surface area contributed by atoms with Crippen LogP contribution in [-0.4, -0.2) is 33.6 Å². The van der Waals surface area contributed by atoms with Crippen LogP contribution in [0.5, 0.6) is 0 Å². The summed E-state index contributed by atoms with van der Waals surface area (Å²) in [5.41, 5.74) is 1.34. The molecule has 1 N–H and O–H groups in total. The highest BCUT2D eigenvalue weighted by atomic mass is 16.4. The molecule has 5 heteroatoms. The highest BCUT2D eigenvalue weighted by Crippen LogP contribution is 2.37. The van der Waals surface area contributed by atoms with Gasteiger partial charge in [0, 0.05) is 12.7 Å². The van der Waals surface area contributed by atoms with Gasteiger partial charge in [0.15, 0.2) is 5.82 Å². The van der Waals surface area contributed by atoms with Crippen LogP contribution in [0.4, 0.5) is 5.82 Å². The predicted octanol–water partition coefficient (Wildman–Crippen LogP) is 2.17. The van der Waals surface area contributed by atoms with E-state index < -0.39 is 12.0 Å². The zero-order chi connectivity index (χ0) is 14.2. The van der Waals surface area contributed by atoms with Gasteiger partial charge in [0.2, 0.25) is 0 Å². The van der Waals surface area contributed by atoms with Crippen LogP contribution in [0.25, 0.3) is 0 Å². The first-order chi connectivity index (χ1) is 8.83. The fourth-order valence-electron chi connectivity index (χ4n) is 2.89. The molecule has 0 bridgehead atoms. The SMILES string of the molecule is Cc1cnc(C)c(N2CCCC(C)(C)C2C(=O)O)n1. The Morgan fingerprint density at radius 3 is 2.79 bits per heavy atom. The van der Waals surface area contributed by atoms with Crippen LogP contribution in [-0.2, 0) is 4.79 Å². The van der Waals surface area contributed by atoms with E-state index in [1.54, 1.807) is 6.20 Å². The summed E-state index contributed by atoms with van der Waals surface area (Å²) in [6.45, 7) is 8.50. The van der Waals surface area contributed by atoms with Crippen molar-refractivity contribution in [3.05, 3.63) is 17.6 Å². The van der Waals surface area contributed by atoms with Crippen molar-refractivity contribution in [2.45, 2.75) is 46.6 Å². The Hall–Kier alpha value is -1.65. The molecule has 1 aliphatic heterocycles. The van der Waals surface area contributed by atoms with E-state index >= 15 is 0 Å². The minimum absolute atomic E-state index is 0.262. The predicted molar refractivity (Wildman–Crippen MR) is 73.3 cm³/mol. The summed E-state index contributed by atoms with van der Waals surface area (Å²) in [5.74, 6) is -0.0763. The lowest BCUT2D eigenvalue weighted by atomic mass is 9.76. The minimum Gasteiger partial charge on any atom is -0.480 e. The summed E-state index contributed by atoms with van der Waals surface area (Å²) in [6, 6.07) is -0.545. The van der Waals surface area contributed by atoms with Gasteiger partial charge in [-0.2, -0.15) is 0 Å². The van der Waals surface area contributed by atoms with Crippen molar-refractivity contribution in [1.29, 1.82) is 0 Å². The molecule has 1 fully saturated rings. The van der Waals surface area contributed by atoms with E-state index in [2.05, 4.69) is 9.97 Å². The van der Waals surface area contributed by atoms with E-state index in [0.29, 0.717) is 5.82 Å². The van der Waals surface area contributed by atoms with Crippen molar-refractivity contribution in [3.63, 3.8) is 0 Å². The molecule has 0 radical (unpaired) electrons. The number of rotatable bonds is 2. The maximum absolute atomic E-state index is 11.7. The topological polar surface area (TPSA) is 66.3 Å². The molecule has 1 aliphatic rings. The van der Waals surface area contributed by atoms with Gasteiger partial charge in [0.25, 0.3) is 0 Å². The van der Waals surface area contributed by atoms with E-state index in [4.69, 9.17) is 0 Å². The monoisotopic (exact) mass is 263 g/mol. The van der Waals surface area contributed by atoms with Crippen LogP contribution >= 0.6 is 0 Å². The zero-order valence-corrected chi connectivity index (χ0v) is 12.0.